The quantitative estimate of drug-likeness (QED) is 0.779. The van der Waals surface area contributed by atoms with E-state index in [2.05, 4.69) is 5.32 Å². The van der Waals surface area contributed by atoms with E-state index >= 15 is 0 Å². The predicted octanol–water partition coefficient (Wildman–Crippen LogP) is 1.14. The molecule has 1 aliphatic rings. The first kappa shape index (κ1) is 13.8. The Kier molecular flexibility index (Phi) is 4.34. The first-order chi connectivity index (χ1) is 7.79. The minimum Gasteiger partial charge on any atom is -0.480 e. The Bertz CT molecular complexity index is 291. The summed E-state index contributed by atoms with van der Waals surface area (Å²) in [6.07, 6.45) is 0.234. The molecule has 0 aliphatic carbocycles. The summed E-state index contributed by atoms with van der Waals surface area (Å²) in [5, 5.41) is 11.4. The Morgan fingerprint density at radius 2 is 2.12 bits per heavy atom. The summed E-state index contributed by atoms with van der Waals surface area (Å²) in [5.74, 6) is -1.11. The highest BCUT2D eigenvalue weighted by Crippen LogP contribution is 2.16. The van der Waals surface area contributed by atoms with E-state index < -0.39 is 29.8 Å². The monoisotopic (exact) mass is 245 g/mol. The maximum atomic E-state index is 11.5. The first-order valence-electron chi connectivity index (χ1n) is 5.63. The Balaban J connectivity index is 2.55. The minimum atomic E-state index is -1.11. The van der Waals surface area contributed by atoms with E-state index in [0.29, 0.717) is 13.0 Å². The molecule has 98 valence electrons. The van der Waals surface area contributed by atoms with Gasteiger partial charge in [0.2, 0.25) is 0 Å². The smallest absolute Gasteiger partial charge is 0.408 e. The molecule has 0 aromatic heterocycles. The van der Waals surface area contributed by atoms with Crippen LogP contribution < -0.4 is 5.32 Å². The second-order valence-corrected chi connectivity index (χ2v) is 5.01. The fraction of sp³-hybridized carbons (Fsp3) is 0.818. The van der Waals surface area contributed by atoms with Crippen molar-refractivity contribution in [1.82, 2.24) is 5.32 Å². The van der Waals surface area contributed by atoms with Gasteiger partial charge < -0.3 is 19.9 Å². The van der Waals surface area contributed by atoms with Crippen LogP contribution in [0.4, 0.5) is 4.79 Å². The van der Waals surface area contributed by atoms with Crippen molar-refractivity contribution in [3.05, 3.63) is 0 Å². The predicted molar refractivity (Wildman–Crippen MR) is 59.8 cm³/mol. The van der Waals surface area contributed by atoms with Gasteiger partial charge in [-0.1, -0.05) is 0 Å². The van der Waals surface area contributed by atoms with Crippen LogP contribution in [0.5, 0.6) is 0 Å². The zero-order valence-corrected chi connectivity index (χ0v) is 10.4. The minimum absolute atomic E-state index is 0.472. The third-order valence-corrected chi connectivity index (χ3v) is 2.27. The number of carboxylic acids is 1. The van der Waals surface area contributed by atoms with Crippen LogP contribution in [-0.2, 0) is 14.3 Å². The van der Waals surface area contributed by atoms with Crippen molar-refractivity contribution in [3.8, 4) is 0 Å². The molecule has 1 aliphatic heterocycles. The molecule has 0 spiro atoms. The number of nitrogens with one attached hydrogen (secondary N) is 1. The number of ether oxygens (including phenoxy) is 2. The summed E-state index contributed by atoms with van der Waals surface area (Å²) in [6, 6.07) is -1.05. The Morgan fingerprint density at radius 3 is 2.53 bits per heavy atom. The van der Waals surface area contributed by atoms with Gasteiger partial charge in [0.25, 0.3) is 0 Å². The fourth-order valence-corrected chi connectivity index (χ4v) is 1.61. The Hall–Kier alpha value is -1.30. The molecule has 0 saturated carbocycles. The summed E-state index contributed by atoms with van der Waals surface area (Å²) in [7, 11) is 0. The van der Waals surface area contributed by atoms with Crippen molar-refractivity contribution in [2.24, 2.45) is 0 Å². The lowest BCUT2D eigenvalue weighted by atomic mass is 10.1. The maximum absolute atomic E-state index is 11.5. The Morgan fingerprint density at radius 1 is 1.47 bits per heavy atom. The van der Waals surface area contributed by atoms with Crippen LogP contribution in [0.25, 0.3) is 0 Å². The summed E-state index contributed by atoms with van der Waals surface area (Å²) in [5.41, 5.74) is -0.649. The van der Waals surface area contributed by atoms with Crippen LogP contribution in [0.1, 0.15) is 33.6 Å². The van der Waals surface area contributed by atoms with Gasteiger partial charge in [-0.05, 0) is 33.6 Å². The third kappa shape index (κ3) is 4.60. The molecule has 1 rings (SSSR count). The second kappa shape index (κ2) is 5.35. The van der Waals surface area contributed by atoms with E-state index in [1.54, 1.807) is 20.8 Å². The number of carbonyl (C=O) groups is 2. The summed E-state index contributed by atoms with van der Waals surface area (Å²) < 4.78 is 10.3. The van der Waals surface area contributed by atoms with Crippen molar-refractivity contribution < 1.29 is 24.2 Å². The number of alkyl carbamates (subject to hydrolysis) is 1. The molecule has 0 aromatic carbocycles. The van der Waals surface area contributed by atoms with E-state index in [-0.39, 0.29) is 0 Å². The molecular weight excluding hydrogens is 226 g/mol. The lowest BCUT2D eigenvalue weighted by Gasteiger charge is -2.24. The van der Waals surface area contributed by atoms with E-state index in [9.17, 15) is 9.59 Å². The largest absolute Gasteiger partial charge is 0.480 e. The number of rotatable bonds is 3. The van der Waals surface area contributed by atoms with Gasteiger partial charge in [-0.25, -0.2) is 9.59 Å². The molecule has 0 aromatic rings. The molecular formula is C11H19NO5. The zero-order valence-electron chi connectivity index (χ0n) is 10.4. The van der Waals surface area contributed by atoms with E-state index in [0.717, 1.165) is 6.42 Å². The van der Waals surface area contributed by atoms with Crippen molar-refractivity contribution in [1.29, 1.82) is 0 Å². The second-order valence-electron chi connectivity index (χ2n) is 5.01. The summed E-state index contributed by atoms with van der Waals surface area (Å²) in [4.78, 5) is 22.5. The van der Waals surface area contributed by atoms with Gasteiger partial charge >= 0.3 is 12.1 Å². The number of amides is 1. The summed E-state index contributed by atoms with van der Waals surface area (Å²) in [6.45, 7) is 5.68. The molecule has 1 heterocycles. The molecule has 2 N–H and O–H groups in total. The van der Waals surface area contributed by atoms with Crippen LogP contribution >= 0.6 is 0 Å². The molecule has 0 unspecified atom stereocenters. The molecule has 0 bridgehead atoms. The van der Waals surface area contributed by atoms with Crippen molar-refractivity contribution in [2.45, 2.75) is 51.4 Å². The number of carbonyl (C=O) groups excluding carboxylic acids is 1. The van der Waals surface area contributed by atoms with Crippen LogP contribution in [-0.4, -0.2) is 41.5 Å². The molecule has 6 nitrogen and oxygen atoms in total. The van der Waals surface area contributed by atoms with Gasteiger partial charge in [-0.2, -0.15) is 0 Å². The van der Waals surface area contributed by atoms with Crippen molar-refractivity contribution in [2.75, 3.05) is 6.61 Å². The van der Waals surface area contributed by atoms with Crippen LogP contribution in [0.3, 0.4) is 0 Å². The molecule has 1 fully saturated rings. The van der Waals surface area contributed by atoms with Crippen molar-refractivity contribution >= 4 is 12.1 Å². The third-order valence-electron chi connectivity index (χ3n) is 2.27. The van der Waals surface area contributed by atoms with E-state index in [1.165, 1.54) is 0 Å². The van der Waals surface area contributed by atoms with Crippen LogP contribution in [0.15, 0.2) is 0 Å². The lowest BCUT2D eigenvalue weighted by Crippen LogP contribution is -2.49. The number of hydrogen-bond donors (Lipinski definition) is 2. The van der Waals surface area contributed by atoms with Crippen LogP contribution in [0, 0.1) is 0 Å². The number of hydrogen-bond acceptors (Lipinski definition) is 4. The normalized spacial score (nSPS) is 21.9. The molecule has 17 heavy (non-hydrogen) atoms. The van der Waals surface area contributed by atoms with Gasteiger partial charge in [0.15, 0.2) is 6.04 Å². The topological polar surface area (TPSA) is 84.9 Å². The molecule has 1 amide bonds. The van der Waals surface area contributed by atoms with Gasteiger partial charge in [-0.15, -0.1) is 0 Å². The molecule has 6 heteroatoms. The van der Waals surface area contributed by atoms with Crippen molar-refractivity contribution in [3.63, 3.8) is 0 Å². The first-order valence-corrected chi connectivity index (χ1v) is 5.63. The van der Waals surface area contributed by atoms with Gasteiger partial charge in [0.05, 0.1) is 6.10 Å². The average Bonchev–Trinajstić information content (AvgIpc) is 2.63. The SMILES string of the molecule is CC(C)(C)OC(=O)N[C@H](C(=O)O)[C@@H]1CCCO1. The highest BCUT2D eigenvalue weighted by molar-refractivity contribution is 5.80. The van der Waals surface area contributed by atoms with Crippen LogP contribution in [0.2, 0.25) is 0 Å². The standard InChI is InChI=1S/C11H19NO5/c1-11(2,3)17-10(15)12-8(9(13)14)7-5-4-6-16-7/h7-8H,4-6H2,1-3H3,(H,12,15)(H,13,14)/t7-,8-/m0/s1. The molecule has 0 radical (unpaired) electrons. The maximum Gasteiger partial charge on any atom is 0.408 e. The molecule has 2 atom stereocenters. The zero-order chi connectivity index (χ0) is 13.1. The number of carboxylic acid groups (broad SMARTS) is 1. The Labute approximate surface area is 100 Å². The van der Waals surface area contributed by atoms with Gasteiger partial charge in [-0.3, -0.25) is 0 Å². The van der Waals surface area contributed by atoms with Gasteiger partial charge in [0, 0.05) is 6.61 Å². The summed E-state index contributed by atoms with van der Waals surface area (Å²) >= 11 is 0. The lowest BCUT2D eigenvalue weighted by molar-refractivity contribution is -0.142. The van der Waals surface area contributed by atoms with E-state index in [4.69, 9.17) is 14.6 Å². The molecule has 1 saturated heterocycles. The number of aliphatic carboxylic acids is 1. The van der Waals surface area contributed by atoms with E-state index in [1.807, 2.05) is 0 Å². The van der Waals surface area contributed by atoms with Gasteiger partial charge in [0.1, 0.15) is 5.60 Å². The fourth-order valence-electron chi connectivity index (χ4n) is 1.61. The highest BCUT2D eigenvalue weighted by Gasteiger charge is 2.34. The average molecular weight is 245 g/mol. The highest BCUT2D eigenvalue weighted by atomic mass is 16.6.